The standard InChI is InChI=1S/C13H20N4O3/c1-2-17-9-11(7-14-17)15-13(20)16-6-5-10(8-16)3-4-12(18)19/h7,9-10H,2-6,8H2,1H3,(H,15,20)(H,18,19). The van der Waals surface area contributed by atoms with E-state index < -0.39 is 5.97 Å². The van der Waals surface area contributed by atoms with E-state index in [2.05, 4.69) is 10.4 Å². The average molecular weight is 280 g/mol. The summed E-state index contributed by atoms with van der Waals surface area (Å²) in [6.45, 7) is 4.04. The number of aliphatic carboxylic acids is 1. The number of rotatable bonds is 5. The molecule has 1 fully saturated rings. The minimum absolute atomic E-state index is 0.140. The molecule has 1 aromatic heterocycles. The van der Waals surface area contributed by atoms with Gasteiger partial charge in [0, 0.05) is 32.3 Å². The molecule has 1 aliphatic rings. The zero-order valence-corrected chi connectivity index (χ0v) is 11.6. The van der Waals surface area contributed by atoms with E-state index in [1.165, 1.54) is 0 Å². The number of carbonyl (C=O) groups excluding carboxylic acids is 1. The lowest BCUT2D eigenvalue weighted by atomic mass is 10.0. The van der Waals surface area contributed by atoms with Gasteiger partial charge in [-0.3, -0.25) is 9.48 Å². The number of likely N-dealkylation sites (tertiary alicyclic amines) is 1. The van der Waals surface area contributed by atoms with Crippen LogP contribution in [0.5, 0.6) is 0 Å². The van der Waals surface area contributed by atoms with Gasteiger partial charge in [0.1, 0.15) is 0 Å². The molecule has 20 heavy (non-hydrogen) atoms. The normalized spacial score (nSPS) is 18.2. The van der Waals surface area contributed by atoms with Gasteiger partial charge in [0.2, 0.25) is 0 Å². The van der Waals surface area contributed by atoms with E-state index in [9.17, 15) is 9.59 Å². The molecule has 1 aliphatic heterocycles. The Morgan fingerprint density at radius 2 is 2.35 bits per heavy atom. The van der Waals surface area contributed by atoms with Crippen LogP contribution in [-0.4, -0.2) is 44.9 Å². The van der Waals surface area contributed by atoms with Crippen molar-refractivity contribution in [3.8, 4) is 0 Å². The highest BCUT2D eigenvalue weighted by atomic mass is 16.4. The van der Waals surface area contributed by atoms with E-state index in [0.717, 1.165) is 13.0 Å². The highest BCUT2D eigenvalue weighted by Gasteiger charge is 2.26. The van der Waals surface area contributed by atoms with Gasteiger partial charge in [-0.2, -0.15) is 5.10 Å². The van der Waals surface area contributed by atoms with Crippen molar-refractivity contribution in [1.82, 2.24) is 14.7 Å². The number of nitrogens with zero attached hydrogens (tertiary/aromatic N) is 3. The molecule has 7 nitrogen and oxygen atoms in total. The van der Waals surface area contributed by atoms with Crippen LogP contribution in [0.25, 0.3) is 0 Å². The van der Waals surface area contributed by atoms with Crippen molar-refractivity contribution in [3.05, 3.63) is 12.4 Å². The summed E-state index contributed by atoms with van der Waals surface area (Å²) in [4.78, 5) is 24.3. The molecule has 0 spiro atoms. The van der Waals surface area contributed by atoms with Crippen LogP contribution in [0.3, 0.4) is 0 Å². The number of hydrogen-bond acceptors (Lipinski definition) is 3. The Hall–Kier alpha value is -2.05. The maximum atomic E-state index is 12.1. The van der Waals surface area contributed by atoms with Crippen molar-refractivity contribution in [2.24, 2.45) is 5.92 Å². The van der Waals surface area contributed by atoms with Gasteiger partial charge in [-0.15, -0.1) is 0 Å². The minimum Gasteiger partial charge on any atom is -0.481 e. The first kappa shape index (κ1) is 14.4. The SMILES string of the molecule is CCn1cc(NC(=O)N2CCC(CCC(=O)O)C2)cn1. The van der Waals surface area contributed by atoms with Crippen LogP contribution in [-0.2, 0) is 11.3 Å². The molecule has 0 saturated carbocycles. The predicted octanol–water partition coefficient (Wildman–Crippen LogP) is 1.62. The Kier molecular flexibility index (Phi) is 4.60. The van der Waals surface area contributed by atoms with Gasteiger partial charge < -0.3 is 15.3 Å². The third-order valence-electron chi connectivity index (χ3n) is 3.55. The van der Waals surface area contributed by atoms with Gasteiger partial charge in [0.15, 0.2) is 0 Å². The third kappa shape index (κ3) is 3.72. The van der Waals surface area contributed by atoms with Gasteiger partial charge in [-0.1, -0.05) is 0 Å². The van der Waals surface area contributed by atoms with Crippen LogP contribution < -0.4 is 5.32 Å². The average Bonchev–Trinajstić information content (AvgIpc) is 3.04. The molecule has 1 unspecified atom stereocenters. The Morgan fingerprint density at radius 3 is 3.00 bits per heavy atom. The summed E-state index contributed by atoms with van der Waals surface area (Å²) >= 11 is 0. The predicted molar refractivity (Wildman–Crippen MR) is 73.5 cm³/mol. The molecule has 1 aromatic rings. The van der Waals surface area contributed by atoms with E-state index in [-0.39, 0.29) is 18.4 Å². The highest BCUT2D eigenvalue weighted by molar-refractivity contribution is 5.89. The molecule has 110 valence electrons. The highest BCUT2D eigenvalue weighted by Crippen LogP contribution is 2.21. The first-order valence-corrected chi connectivity index (χ1v) is 6.88. The molecule has 0 bridgehead atoms. The minimum atomic E-state index is -0.778. The van der Waals surface area contributed by atoms with Crippen molar-refractivity contribution in [3.63, 3.8) is 0 Å². The summed E-state index contributed by atoms with van der Waals surface area (Å²) in [5.41, 5.74) is 0.686. The summed E-state index contributed by atoms with van der Waals surface area (Å²) in [6.07, 6.45) is 5.08. The molecule has 1 atom stereocenters. The number of anilines is 1. The topological polar surface area (TPSA) is 87.5 Å². The molecule has 2 N–H and O–H groups in total. The van der Waals surface area contributed by atoms with Gasteiger partial charge in [-0.25, -0.2) is 4.79 Å². The van der Waals surface area contributed by atoms with Crippen molar-refractivity contribution in [2.45, 2.75) is 32.7 Å². The first-order chi connectivity index (χ1) is 9.58. The summed E-state index contributed by atoms with van der Waals surface area (Å²) < 4.78 is 1.75. The fourth-order valence-electron chi connectivity index (χ4n) is 2.38. The molecule has 7 heteroatoms. The number of carboxylic acid groups (broad SMARTS) is 1. The van der Waals surface area contributed by atoms with Crippen molar-refractivity contribution < 1.29 is 14.7 Å². The monoisotopic (exact) mass is 280 g/mol. The van der Waals surface area contributed by atoms with E-state index in [1.807, 2.05) is 6.92 Å². The van der Waals surface area contributed by atoms with Crippen LogP contribution in [0, 0.1) is 5.92 Å². The second-order valence-corrected chi connectivity index (χ2v) is 5.05. The molecule has 0 aromatic carbocycles. The van der Waals surface area contributed by atoms with Gasteiger partial charge in [0.05, 0.1) is 11.9 Å². The number of aromatic nitrogens is 2. The number of amides is 2. The van der Waals surface area contributed by atoms with Crippen molar-refractivity contribution >= 4 is 17.7 Å². The van der Waals surface area contributed by atoms with Gasteiger partial charge in [0.25, 0.3) is 0 Å². The quantitative estimate of drug-likeness (QED) is 0.858. The Balaban J connectivity index is 1.80. The fourth-order valence-corrected chi connectivity index (χ4v) is 2.38. The van der Waals surface area contributed by atoms with Crippen molar-refractivity contribution in [2.75, 3.05) is 18.4 Å². The number of carboxylic acids is 1. The second-order valence-electron chi connectivity index (χ2n) is 5.05. The molecule has 2 amide bonds. The number of aryl methyl sites for hydroxylation is 1. The number of hydrogen-bond donors (Lipinski definition) is 2. The molecule has 2 heterocycles. The van der Waals surface area contributed by atoms with Crippen LogP contribution in [0.1, 0.15) is 26.2 Å². The smallest absolute Gasteiger partial charge is 0.321 e. The number of nitrogens with one attached hydrogen (secondary N) is 1. The molecule has 0 radical (unpaired) electrons. The third-order valence-corrected chi connectivity index (χ3v) is 3.55. The fraction of sp³-hybridized carbons (Fsp3) is 0.615. The van der Waals surface area contributed by atoms with E-state index in [0.29, 0.717) is 25.2 Å². The summed E-state index contributed by atoms with van der Waals surface area (Å²) in [6, 6.07) is -0.140. The molecule has 2 rings (SSSR count). The van der Waals surface area contributed by atoms with E-state index in [4.69, 9.17) is 5.11 Å². The van der Waals surface area contributed by atoms with Crippen LogP contribution in [0.4, 0.5) is 10.5 Å². The lowest BCUT2D eigenvalue weighted by molar-refractivity contribution is -0.137. The lowest BCUT2D eigenvalue weighted by Crippen LogP contribution is -2.32. The second kappa shape index (κ2) is 6.40. The molecule has 0 aliphatic carbocycles. The van der Waals surface area contributed by atoms with Crippen LogP contribution in [0.2, 0.25) is 0 Å². The van der Waals surface area contributed by atoms with Crippen molar-refractivity contribution in [1.29, 1.82) is 0 Å². The molecular formula is C13H20N4O3. The Morgan fingerprint density at radius 1 is 1.55 bits per heavy atom. The van der Waals surface area contributed by atoms with Crippen LogP contribution >= 0.6 is 0 Å². The van der Waals surface area contributed by atoms with E-state index >= 15 is 0 Å². The number of carbonyl (C=O) groups is 2. The van der Waals surface area contributed by atoms with Gasteiger partial charge in [-0.05, 0) is 25.7 Å². The molecular weight excluding hydrogens is 260 g/mol. The molecule has 1 saturated heterocycles. The maximum absolute atomic E-state index is 12.1. The Labute approximate surface area is 117 Å². The largest absolute Gasteiger partial charge is 0.481 e. The summed E-state index contributed by atoms with van der Waals surface area (Å²) in [7, 11) is 0. The zero-order valence-electron chi connectivity index (χ0n) is 11.6. The van der Waals surface area contributed by atoms with Gasteiger partial charge >= 0.3 is 12.0 Å². The summed E-state index contributed by atoms with van der Waals surface area (Å²) in [5, 5.41) is 15.6. The zero-order chi connectivity index (χ0) is 14.5. The first-order valence-electron chi connectivity index (χ1n) is 6.88. The van der Waals surface area contributed by atoms with Crippen LogP contribution in [0.15, 0.2) is 12.4 Å². The summed E-state index contributed by atoms with van der Waals surface area (Å²) in [5.74, 6) is -0.491. The lowest BCUT2D eigenvalue weighted by Gasteiger charge is -2.16. The Bertz CT molecular complexity index is 486. The van der Waals surface area contributed by atoms with E-state index in [1.54, 1.807) is 22.0 Å². The number of urea groups is 1. The maximum Gasteiger partial charge on any atom is 0.321 e.